The Labute approximate surface area is 167 Å². The molecule has 2 aromatic carbocycles. The number of hydrogen-bond donors (Lipinski definition) is 0. The molecule has 2 aliphatic heterocycles. The Kier molecular flexibility index (Phi) is 4.94. The van der Waals surface area contributed by atoms with Gasteiger partial charge >= 0.3 is 0 Å². The minimum Gasteiger partial charge on any atom is -0.315 e. The lowest BCUT2D eigenvalue weighted by Gasteiger charge is -2.26. The van der Waals surface area contributed by atoms with E-state index in [1.54, 1.807) is 11.8 Å². The molecule has 0 bridgehead atoms. The van der Waals surface area contributed by atoms with Gasteiger partial charge < -0.3 is 4.90 Å². The van der Waals surface area contributed by atoms with Gasteiger partial charge in [0.25, 0.3) is 0 Å². The predicted octanol–water partition coefficient (Wildman–Crippen LogP) is 4.27. The normalized spacial score (nSPS) is 23.8. The molecule has 2 heterocycles. The molecule has 0 N–H and O–H groups in total. The van der Waals surface area contributed by atoms with Gasteiger partial charge in [0.2, 0.25) is 0 Å². The number of rotatable bonds is 3. The molecule has 0 spiro atoms. The van der Waals surface area contributed by atoms with Crippen molar-refractivity contribution in [2.45, 2.75) is 17.8 Å². The molecule has 26 heavy (non-hydrogen) atoms. The zero-order chi connectivity index (χ0) is 18.3. The summed E-state index contributed by atoms with van der Waals surface area (Å²) in [7, 11) is -3.06. The van der Waals surface area contributed by atoms with Crippen molar-refractivity contribution < 1.29 is 8.42 Å². The third-order valence-electron chi connectivity index (χ3n) is 4.53. The summed E-state index contributed by atoms with van der Waals surface area (Å²) in [4.78, 5) is 6.76. The Morgan fingerprint density at radius 1 is 1.08 bits per heavy atom. The molecule has 8 heteroatoms. The second kappa shape index (κ2) is 7.08. The molecule has 2 atom stereocenters. The van der Waals surface area contributed by atoms with Crippen molar-refractivity contribution >= 4 is 55.7 Å². The largest absolute Gasteiger partial charge is 0.315 e. The highest BCUT2D eigenvalue weighted by atomic mass is 35.5. The van der Waals surface area contributed by atoms with E-state index in [9.17, 15) is 8.42 Å². The van der Waals surface area contributed by atoms with Crippen LogP contribution in [0, 0.1) is 0 Å². The molecule has 0 radical (unpaired) electrons. The van der Waals surface area contributed by atoms with E-state index in [4.69, 9.17) is 28.2 Å². The maximum absolute atomic E-state index is 12.1. The fraction of sp³-hybridized carbons (Fsp3) is 0.278. The van der Waals surface area contributed by atoms with Crippen molar-refractivity contribution in [2.75, 3.05) is 16.4 Å². The van der Waals surface area contributed by atoms with E-state index < -0.39 is 9.84 Å². The average Bonchev–Trinajstić information content (AvgIpc) is 3.06. The molecule has 0 aliphatic carbocycles. The predicted molar refractivity (Wildman–Crippen MR) is 110 cm³/mol. The number of thioether (sulfide) groups is 1. The van der Waals surface area contributed by atoms with Gasteiger partial charge in [-0.3, -0.25) is 4.99 Å². The van der Waals surface area contributed by atoms with Crippen LogP contribution in [0.1, 0.15) is 5.56 Å². The van der Waals surface area contributed by atoms with Crippen LogP contribution in [0.5, 0.6) is 0 Å². The highest BCUT2D eigenvalue weighted by molar-refractivity contribution is 8.13. The first kappa shape index (κ1) is 18.2. The number of benzene rings is 2. The topological polar surface area (TPSA) is 49.7 Å². The molecular formula is C18H16Cl2N2O2S2. The van der Waals surface area contributed by atoms with E-state index in [1.165, 1.54) is 0 Å². The quantitative estimate of drug-likeness (QED) is 0.734. The van der Waals surface area contributed by atoms with Crippen LogP contribution in [0.3, 0.4) is 0 Å². The number of amidine groups is 1. The Bertz CT molecular complexity index is 961. The maximum atomic E-state index is 12.1. The van der Waals surface area contributed by atoms with Gasteiger partial charge in [-0.15, -0.1) is 0 Å². The Balaban J connectivity index is 1.63. The van der Waals surface area contributed by atoms with Gasteiger partial charge in [0.1, 0.15) is 0 Å². The van der Waals surface area contributed by atoms with Crippen molar-refractivity contribution in [1.29, 1.82) is 0 Å². The molecule has 0 unspecified atom stereocenters. The maximum Gasteiger partial charge on any atom is 0.164 e. The van der Waals surface area contributed by atoms with Crippen LogP contribution in [0.2, 0.25) is 10.0 Å². The van der Waals surface area contributed by atoms with E-state index in [0.29, 0.717) is 10.8 Å². The molecule has 2 aliphatic rings. The van der Waals surface area contributed by atoms with E-state index >= 15 is 0 Å². The van der Waals surface area contributed by atoms with Gasteiger partial charge in [-0.25, -0.2) is 8.42 Å². The Morgan fingerprint density at radius 2 is 1.81 bits per heavy atom. The molecule has 4 nitrogen and oxygen atoms in total. The first-order chi connectivity index (χ1) is 12.4. The van der Waals surface area contributed by atoms with Crippen LogP contribution in [0.15, 0.2) is 53.5 Å². The van der Waals surface area contributed by atoms with Crippen molar-refractivity contribution in [3.05, 3.63) is 64.1 Å². The monoisotopic (exact) mass is 426 g/mol. The molecule has 1 fully saturated rings. The third kappa shape index (κ3) is 3.60. The number of nitrogens with zero attached hydrogens (tertiary/aromatic N) is 2. The molecule has 0 aromatic heterocycles. The van der Waals surface area contributed by atoms with Gasteiger partial charge in [-0.1, -0.05) is 53.2 Å². The average molecular weight is 427 g/mol. The molecule has 4 rings (SSSR count). The number of sulfone groups is 1. The smallest absolute Gasteiger partial charge is 0.164 e. The first-order valence-corrected chi connectivity index (χ1v) is 11.7. The minimum atomic E-state index is -3.06. The SMILES string of the molecule is O=S1(=O)C[C@H]2N=C(SCc3ccccc3Cl)N(c3ccc(Cl)cc3)[C@H]2C1. The Hall–Kier alpha value is -1.21. The van der Waals surface area contributed by atoms with E-state index in [0.717, 1.165) is 21.4 Å². The van der Waals surface area contributed by atoms with Crippen molar-refractivity contribution in [3.8, 4) is 0 Å². The summed E-state index contributed by atoms with van der Waals surface area (Å²) in [6.45, 7) is 0. The van der Waals surface area contributed by atoms with E-state index in [-0.39, 0.29) is 23.6 Å². The first-order valence-electron chi connectivity index (χ1n) is 8.12. The van der Waals surface area contributed by atoms with Crippen molar-refractivity contribution in [3.63, 3.8) is 0 Å². The van der Waals surface area contributed by atoms with Crippen LogP contribution < -0.4 is 4.90 Å². The number of halogens is 2. The second-order valence-corrected chi connectivity index (χ2v) is 10.3. The molecule has 136 valence electrons. The van der Waals surface area contributed by atoms with Gasteiger partial charge in [0, 0.05) is 21.5 Å². The van der Waals surface area contributed by atoms with E-state index in [2.05, 4.69) is 0 Å². The zero-order valence-electron chi connectivity index (χ0n) is 13.7. The zero-order valence-corrected chi connectivity index (χ0v) is 16.8. The van der Waals surface area contributed by atoms with Crippen LogP contribution in [0.4, 0.5) is 5.69 Å². The number of hydrogen-bond acceptors (Lipinski definition) is 5. The van der Waals surface area contributed by atoms with Crippen LogP contribution in [-0.4, -0.2) is 37.2 Å². The van der Waals surface area contributed by atoms with Crippen LogP contribution in [0.25, 0.3) is 0 Å². The fourth-order valence-electron chi connectivity index (χ4n) is 3.29. The number of aliphatic imine (C=N–C) groups is 1. The fourth-order valence-corrected chi connectivity index (χ4v) is 6.67. The Morgan fingerprint density at radius 3 is 2.54 bits per heavy atom. The lowest BCUT2D eigenvalue weighted by molar-refractivity contribution is 0.601. The lowest BCUT2D eigenvalue weighted by atomic mass is 10.1. The van der Waals surface area contributed by atoms with Crippen molar-refractivity contribution in [1.82, 2.24) is 0 Å². The summed E-state index contributed by atoms with van der Waals surface area (Å²) in [6.07, 6.45) is 0. The standard InChI is InChI=1S/C18H16Cl2N2O2S2/c19-13-5-7-14(8-6-13)22-17-11-26(23,24)10-16(17)21-18(22)25-9-12-3-1-2-4-15(12)20/h1-8,16-17H,9-11H2/t16-,17+/m1/s1. The number of fused-ring (bicyclic) bond motifs is 1. The summed E-state index contributed by atoms with van der Waals surface area (Å²) < 4.78 is 24.1. The van der Waals surface area contributed by atoms with Gasteiger partial charge in [0.05, 0.1) is 23.6 Å². The second-order valence-electron chi connectivity index (χ2n) is 6.35. The van der Waals surface area contributed by atoms with Crippen LogP contribution in [-0.2, 0) is 15.6 Å². The van der Waals surface area contributed by atoms with Crippen LogP contribution >= 0.6 is 35.0 Å². The summed E-state index contributed by atoms with van der Waals surface area (Å²) in [5, 5.41) is 2.20. The summed E-state index contributed by atoms with van der Waals surface area (Å²) in [6, 6.07) is 14.8. The molecule has 0 saturated carbocycles. The lowest BCUT2D eigenvalue weighted by Crippen LogP contribution is -2.39. The molecule has 0 amide bonds. The van der Waals surface area contributed by atoms with Gasteiger partial charge in [-0.05, 0) is 35.9 Å². The minimum absolute atomic E-state index is 0.109. The highest BCUT2D eigenvalue weighted by Gasteiger charge is 2.47. The number of anilines is 1. The molecular weight excluding hydrogens is 411 g/mol. The summed E-state index contributed by atoms with van der Waals surface area (Å²) >= 11 is 13.8. The summed E-state index contributed by atoms with van der Waals surface area (Å²) in [5.41, 5.74) is 1.94. The highest BCUT2D eigenvalue weighted by Crippen LogP contribution is 2.36. The molecule has 2 aromatic rings. The third-order valence-corrected chi connectivity index (χ3v) is 7.86. The van der Waals surface area contributed by atoms with Crippen molar-refractivity contribution in [2.24, 2.45) is 4.99 Å². The molecule has 1 saturated heterocycles. The van der Waals surface area contributed by atoms with Gasteiger partial charge in [0.15, 0.2) is 15.0 Å². The van der Waals surface area contributed by atoms with E-state index in [1.807, 2.05) is 53.4 Å². The van der Waals surface area contributed by atoms with Gasteiger partial charge in [-0.2, -0.15) is 0 Å². The summed E-state index contributed by atoms with van der Waals surface area (Å²) in [5.74, 6) is 0.909.